The smallest absolute Gasteiger partial charge is 0.330 e. The summed E-state index contributed by atoms with van der Waals surface area (Å²) in [6.07, 6.45) is 15.6. The van der Waals surface area contributed by atoms with Crippen LogP contribution < -0.4 is 24.0 Å². The van der Waals surface area contributed by atoms with Crippen molar-refractivity contribution in [2.75, 3.05) is 58.8 Å². The summed E-state index contributed by atoms with van der Waals surface area (Å²) in [5, 5.41) is 7.56. The molecule has 2 aliphatic carbocycles. The number of methoxy groups -OCH3 is 2. The van der Waals surface area contributed by atoms with E-state index >= 15 is 0 Å². The number of aromatic nitrogens is 1. The average molecular weight is 926 g/mol. The molecule has 4 aromatic rings. The van der Waals surface area contributed by atoms with Gasteiger partial charge >= 0.3 is 17.9 Å². The fraction of sp³-hybridized carbons (Fsp3) is 0.519. The van der Waals surface area contributed by atoms with E-state index in [1.165, 1.54) is 38.4 Å². The Morgan fingerprint density at radius 2 is 1.50 bits per heavy atom. The van der Waals surface area contributed by atoms with E-state index in [2.05, 4.69) is 31.7 Å². The minimum absolute atomic E-state index is 0.315. The van der Waals surface area contributed by atoms with Crippen LogP contribution in [0.2, 0.25) is 0 Å². The number of rotatable bonds is 26. The number of nitrogens with zero attached hydrogens (tertiary/aromatic N) is 3. The number of benzene rings is 3. The molecule has 0 amide bonds. The van der Waals surface area contributed by atoms with Gasteiger partial charge in [-0.1, -0.05) is 55.9 Å². The van der Waals surface area contributed by atoms with Crippen molar-refractivity contribution < 1.29 is 47.5 Å². The highest BCUT2D eigenvalue weighted by molar-refractivity contribution is 7.22. The number of carbonyl (C=O) groups is 3. The molecule has 0 saturated heterocycles. The molecule has 0 spiro atoms. The summed E-state index contributed by atoms with van der Waals surface area (Å²) in [7, 11) is 3.17. The molecule has 3 aromatic carbocycles. The van der Waals surface area contributed by atoms with E-state index in [1.54, 1.807) is 42.9 Å². The maximum absolute atomic E-state index is 13.9. The van der Waals surface area contributed by atoms with Crippen LogP contribution in [0, 0.1) is 17.8 Å². The summed E-state index contributed by atoms with van der Waals surface area (Å²) in [6.45, 7) is 8.42. The molecule has 2 saturated carbocycles. The first kappa shape index (κ1) is 50.1. The highest BCUT2D eigenvalue weighted by Gasteiger charge is 2.33. The van der Waals surface area contributed by atoms with Gasteiger partial charge in [-0.25, -0.2) is 14.8 Å². The second-order valence-electron chi connectivity index (χ2n) is 17.1. The fourth-order valence-electron chi connectivity index (χ4n) is 8.66. The number of para-hydroxylation sites is 1. The number of fused-ring (bicyclic) bond motifs is 1. The van der Waals surface area contributed by atoms with E-state index in [-0.39, 0.29) is 23.8 Å². The van der Waals surface area contributed by atoms with Crippen LogP contribution in [-0.4, -0.2) is 82.9 Å². The third kappa shape index (κ3) is 15.1. The van der Waals surface area contributed by atoms with Crippen molar-refractivity contribution in [3.8, 4) is 23.0 Å². The van der Waals surface area contributed by atoms with Crippen molar-refractivity contribution in [3.05, 3.63) is 84.4 Å². The molecule has 356 valence electrons. The summed E-state index contributed by atoms with van der Waals surface area (Å²) < 4.78 is 40.6. The Hall–Kier alpha value is -5.31. The van der Waals surface area contributed by atoms with E-state index in [9.17, 15) is 14.4 Å². The van der Waals surface area contributed by atoms with Crippen LogP contribution in [0.15, 0.2) is 78.4 Å². The number of thiazole rings is 1. The molecule has 0 N–H and O–H groups in total. The lowest BCUT2D eigenvalue weighted by Gasteiger charge is -2.29. The van der Waals surface area contributed by atoms with Gasteiger partial charge in [0.05, 0.1) is 75.0 Å². The zero-order valence-electron chi connectivity index (χ0n) is 38.9. The second-order valence-corrected chi connectivity index (χ2v) is 18.1. The number of unbranched alkanes of at least 4 members (excludes halogenated alkanes) is 3. The van der Waals surface area contributed by atoms with Gasteiger partial charge in [-0.3, -0.25) is 9.59 Å². The van der Waals surface area contributed by atoms with Crippen molar-refractivity contribution in [2.24, 2.45) is 22.9 Å². The van der Waals surface area contributed by atoms with Gasteiger partial charge in [-0.2, -0.15) is 5.10 Å². The SMILES string of the molecule is C=CC(=O)OCCCCCCOc1ccc(OC(=O)C2CCC(C(=O)Oc3ccc(C4CCC(CCC)CC4)cc3/C=N/N(CCOCCOC)c3nc4ccccc4s3)CC2)c(OC)c1. The van der Waals surface area contributed by atoms with E-state index in [0.717, 1.165) is 71.4 Å². The Bertz CT molecular complexity index is 2160. The normalized spacial score (nSPS) is 18.5. The molecular weight excluding hydrogens is 859 g/mol. The quantitative estimate of drug-likeness (QED) is 0.0148. The number of ether oxygens (including phenoxy) is 7. The van der Waals surface area contributed by atoms with E-state index < -0.39 is 5.97 Å². The summed E-state index contributed by atoms with van der Waals surface area (Å²) in [5.74, 6) is 1.20. The first-order chi connectivity index (χ1) is 32.3. The molecule has 1 aromatic heterocycles. The van der Waals surface area contributed by atoms with Gasteiger partial charge in [-0.05, 0) is 131 Å². The number of hydrazone groups is 1. The molecule has 13 nitrogen and oxygen atoms in total. The molecule has 0 unspecified atom stereocenters. The van der Waals surface area contributed by atoms with Crippen LogP contribution in [0.25, 0.3) is 10.2 Å². The molecule has 0 atom stereocenters. The van der Waals surface area contributed by atoms with Gasteiger partial charge in [0, 0.05) is 24.8 Å². The first-order valence-corrected chi connectivity index (χ1v) is 24.5. The van der Waals surface area contributed by atoms with Crippen LogP contribution in [0.4, 0.5) is 5.13 Å². The first-order valence-electron chi connectivity index (χ1n) is 23.7. The number of esters is 3. The lowest BCUT2D eigenvalue weighted by atomic mass is 9.77. The Kier molecular flexibility index (Phi) is 20.3. The molecule has 0 aliphatic heterocycles. The second kappa shape index (κ2) is 26.7. The lowest BCUT2D eigenvalue weighted by Crippen LogP contribution is -2.30. The number of hydrogen-bond donors (Lipinski definition) is 0. The van der Waals surface area contributed by atoms with Crippen molar-refractivity contribution in [1.82, 2.24) is 4.98 Å². The summed E-state index contributed by atoms with van der Waals surface area (Å²) in [6, 6.07) is 19.3. The maximum Gasteiger partial charge on any atom is 0.330 e. The van der Waals surface area contributed by atoms with Crippen LogP contribution in [0.5, 0.6) is 23.0 Å². The molecule has 0 bridgehead atoms. The summed E-state index contributed by atoms with van der Waals surface area (Å²) in [5.41, 5.74) is 2.86. The topological polar surface area (TPSA) is 144 Å². The van der Waals surface area contributed by atoms with Gasteiger partial charge in [0.25, 0.3) is 0 Å². The summed E-state index contributed by atoms with van der Waals surface area (Å²) in [4.78, 5) is 43.3. The third-order valence-electron chi connectivity index (χ3n) is 12.4. The van der Waals surface area contributed by atoms with Gasteiger partial charge in [0.15, 0.2) is 11.5 Å². The van der Waals surface area contributed by atoms with Gasteiger partial charge < -0.3 is 33.2 Å². The minimum atomic E-state index is -0.405. The van der Waals surface area contributed by atoms with E-state index in [0.29, 0.717) is 94.2 Å². The molecule has 1 heterocycles. The maximum atomic E-state index is 13.9. The number of hydrogen-bond acceptors (Lipinski definition) is 14. The zero-order valence-corrected chi connectivity index (χ0v) is 39.7. The Morgan fingerprint density at radius 3 is 2.20 bits per heavy atom. The lowest BCUT2D eigenvalue weighted by molar-refractivity contribution is -0.145. The molecule has 66 heavy (non-hydrogen) atoms. The monoisotopic (exact) mass is 925 g/mol. The number of carbonyl (C=O) groups excluding carboxylic acids is 3. The Morgan fingerprint density at radius 1 is 0.788 bits per heavy atom. The molecule has 2 aliphatic rings. The molecule has 6 rings (SSSR count). The molecular formula is C52H67N3O10S. The summed E-state index contributed by atoms with van der Waals surface area (Å²) >= 11 is 1.56. The number of anilines is 1. The highest BCUT2D eigenvalue weighted by atomic mass is 32.1. The minimum Gasteiger partial charge on any atom is -0.493 e. The fourth-order valence-corrected chi connectivity index (χ4v) is 9.61. The Labute approximate surface area is 393 Å². The average Bonchev–Trinajstić information content (AvgIpc) is 3.78. The van der Waals surface area contributed by atoms with Crippen molar-refractivity contribution in [2.45, 2.75) is 103 Å². The van der Waals surface area contributed by atoms with Crippen molar-refractivity contribution in [3.63, 3.8) is 0 Å². The standard InChI is InChI=1S/C52H67N3O10S/c1-5-13-37-16-18-38(19-17-37)41-24-26-45(42(34-41)36-53-55(28-31-61-33-32-59-3)52-54-44-14-9-10-15-48(44)66-52)64-50(57)39-20-22-40(23-21-39)51(58)65-46-27-25-43(35-47(46)60-4)62-29-11-7-8-12-30-63-49(56)6-2/h6,9-10,14-15,24-27,34-40H,2,5,7-8,11-13,16-23,28-33H2,1,3-4H3/b53-36+. The van der Waals surface area contributed by atoms with Crippen molar-refractivity contribution in [1.29, 1.82) is 0 Å². The van der Waals surface area contributed by atoms with E-state index in [4.69, 9.17) is 43.2 Å². The van der Waals surface area contributed by atoms with Crippen molar-refractivity contribution >= 4 is 50.8 Å². The van der Waals surface area contributed by atoms with Gasteiger partial charge in [0.1, 0.15) is 11.5 Å². The Balaban J connectivity index is 1.06. The van der Waals surface area contributed by atoms with Crippen LogP contribution in [0.3, 0.4) is 0 Å². The van der Waals surface area contributed by atoms with Crippen LogP contribution in [0.1, 0.15) is 114 Å². The molecule has 14 heteroatoms. The largest absolute Gasteiger partial charge is 0.493 e. The van der Waals surface area contributed by atoms with Gasteiger partial charge in [0.2, 0.25) is 5.13 Å². The predicted octanol–water partition coefficient (Wildman–Crippen LogP) is 10.9. The predicted molar refractivity (Wildman–Crippen MR) is 258 cm³/mol. The van der Waals surface area contributed by atoms with E-state index in [1.807, 2.05) is 29.3 Å². The zero-order chi connectivity index (χ0) is 46.5. The van der Waals surface area contributed by atoms with Crippen LogP contribution in [-0.2, 0) is 28.6 Å². The molecule has 0 radical (unpaired) electrons. The van der Waals surface area contributed by atoms with Crippen LogP contribution >= 0.6 is 11.3 Å². The van der Waals surface area contributed by atoms with Gasteiger partial charge in [-0.15, -0.1) is 0 Å². The third-order valence-corrected chi connectivity index (χ3v) is 13.5. The molecule has 2 fully saturated rings. The highest BCUT2D eigenvalue weighted by Crippen LogP contribution is 2.40.